The monoisotopic (exact) mass is 335 g/mol. The molecule has 0 aromatic heterocycles. The maximum Gasteiger partial charge on any atom is 0.313 e. The number of nitrogens with one attached hydrogen (secondary N) is 1. The Morgan fingerprint density at radius 1 is 0.917 bits per heavy atom. The molecule has 0 saturated heterocycles. The van der Waals surface area contributed by atoms with Crippen molar-refractivity contribution in [3.8, 4) is 11.5 Å². The fourth-order valence-electron chi connectivity index (χ4n) is 1.83. The van der Waals surface area contributed by atoms with Crippen molar-refractivity contribution in [2.24, 2.45) is 11.8 Å². The third kappa shape index (κ3) is 6.71. The highest BCUT2D eigenvalue weighted by Crippen LogP contribution is 2.30. The van der Waals surface area contributed by atoms with Crippen LogP contribution in [0.1, 0.15) is 47.1 Å². The van der Waals surface area contributed by atoms with Gasteiger partial charge in [0.05, 0.1) is 11.8 Å². The van der Waals surface area contributed by atoms with Gasteiger partial charge in [0.2, 0.25) is 0 Å². The number of carbonyl (C=O) groups excluding carboxylic acids is 2. The van der Waals surface area contributed by atoms with Crippen LogP contribution in [0.3, 0.4) is 0 Å². The van der Waals surface area contributed by atoms with Crippen LogP contribution >= 0.6 is 0 Å². The highest BCUT2D eigenvalue weighted by molar-refractivity contribution is 5.78. The van der Waals surface area contributed by atoms with Crippen LogP contribution in [-0.4, -0.2) is 24.5 Å². The Kier molecular flexibility index (Phi) is 7.92. The minimum absolute atomic E-state index is 0.256. The molecule has 0 heterocycles. The highest BCUT2D eigenvalue weighted by atomic mass is 16.6. The molecule has 5 heteroatoms. The number of carbonyl (C=O) groups is 2. The van der Waals surface area contributed by atoms with Gasteiger partial charge in [0, 0.05) is 6.04 Å². The van der Waals surface area contributed by atoms with Crippen molar-refractivity contribution in [3.05, 3.63) is 23.8 Å². The van der Waals surface area contributed by atoms with Crippen molar-refractivity contribution in [2.45, 2.75) is 54.0 Å². The van der Waals surface area contributed by atoms with Crippen molar-refractivity contribution >= 4 is 11.9 Å². The fourth-order valence-corrected chi connectivity index (χ4v) is 1.83. The number of hydrogen-bond donors (Lipinski definition) is 1. The van der Waals surface area contributed by atoms with Gasteiger partial charge >= 0.3 is 11.9 Å². The number of hydrogen-bond acceptors (Lipinski definition) is 5. The van der Waals surface area contributed by atoms with Crippen LogP contribution in [-0.2, 0) is 16.0 Å². The molecule has 0 aliphatic heterocycles. The van der Waals surface area contributed by atoms with E-state index in [1.54, 1.807) is 39.8 Å². The predicted octanol–water partition coefficient (Wildman–Crippen LogP) is 3.35. The fraction of sp³-hybridized carbons (Fsp3) is 0.579. The van der Waals surface area contributed by atoms with E-state index in [0.717, 1.165) is 18.5 Å². The van der Waals surface area contributed by atoms with Crippen LogP contribution in [0, 0.1) is 11.8 Å². The first-order valence-electron chi connectivity index (χ1n) is 8.50. The lowest BCUT2D eigenvalue weighted by molar-refractivity contribution is -0.140. The van der Waals surface area contributed by atoms with E-state index in [9.17, 15) is 9.59 Å². The van der Waals surface area contributed by atoms with Crippen molar-refractivity contribution in [2.75, 3.05) is 6.54 Å². The van der Waals surface area contributed by atoms with Crippen molar-refractivity contribution in [1.82, 2.24) is 5.32 Å². The zero-order valence-electron chi connectivity index (χ0n) is 15.5. The average Bonchev–Trinajstić information content (AvgIpc) is 2.48. The summed E-state index contributed by atoms with van der Waals surface area (Å²) in [7, 11) is 0. The molecule has 0 aliphatic carbocycles. The second-order valence-electron chi connectivity index (χ2n) is 6.79. The number of esters is 2. The Morgan fingerprint density at radius 3 is 1.96 bits per heavy atom. The molecule has 1 N–H and O–H groups in total. The smallest absolute Gasteiger partial charge is 0.313 e. The Labute approximate surface area is 144 Å². The van der Waals surface area contributed by atoms with Gasteiger partial charge in [0.25, 0.3) is 0 Å². The summed E-state index contributed by atoms with van der Waals surface area (Å²) in [6.07, 6.45) is 0.794. The van der Waals surface area contributed by atoms with Gasteiger partial charge in [-0.1, -0.05) is 47.6 Å². The first-order valence-corrected chi connectivity index (χ1v) is 8.50. The summed E-state index contributed by atoms with van der Waals surface area (Å²) < 4.78 is 10.8. The second-order valence-corrected chi connectivity index (χ2v) is 6.79. The molecule has 0 unspecified atom stereocenters. The predicted molar refractivity (Wildman–Crippen MR) is 94.2 cm³/mol. The van der Waals surface area contributed by atoms with Crippen molar-refractivity contribution in [1.29, 1.82) is 0 Å². The minimum Gasteiger partial charge on any atom is -0.422 e. The molecule has 0 fully saturated rings. The molecule has 1 aromatic rings. The summed E-state index contributed by atoms with van der Waals surface area (Å²) >= 11 is 0. The summed E-state index contributed by atoms with van der Waals surface area (Å²) in [5, 5.41) is 3.34. The zero-order valence-corrected chi connectivity index (χ0v) is 15.5. The lowest BCUT2D eigenvalue weighted by Crippen LogP contribution is -2.25. The molecule has 0 bridgehead atoms. The molecule has 0 amide bonds. The van der Waals surface area contributed by atoms with Crippen molar-refractivity contribution in [3.63, 3.8) is 0 Å². The van der Waals surface area contributed by atoms with Gasteiger partial charge in [0.15, 0.2) is 11.5 Å². The van der Waals surface area contributed by atoms with Gasteiger partial charge in [0.1, 0.15) is 0 Å². The normalized spacial score (nSPS) is 11.2. The summed E-state index contributed by atoms with van der Waals surface area (Å²) in [5.74, 6) is -0.646. The second kappa shape index (κ2) is 9.42. The van der Waals surface area contributed by atoms with Gasteiger partial charge in [-0.15, -0.1) is 0 Å². The molecule has 0 atom stereocenters. The maximum absolute atomic E-state index is 11.9. The molecule has 24 heavy (non-hydrogen) atoms. The average molecular weight is 335 g/mol. The number of benzene rings is 1. The Hall–Kier alpha value is -1.88. The van der Waals surface area contributed by atoms with E-state index in [4.69, 9.17) is 9.47 Å². The van der Waals surface area contributed by atoms with Crippen LogP contribution in [0.5, 0.6) is 11.5 Å². The summed E-state index contributed by atoms with van der Waals surface area (Å²) in [5.41, 5.74) is 1.01. The van der Waals surface area contributed by atoms with E-state index < -0.39 is 0 Å². The van der Waals surface area contributed by atoms with E-state index >= 15 is 0 Å². The van der Waals surface area contributed by atoms with Crippen molar-refractivity contribution < 1.29 is 19.1 Å². The van der Waals surface area contributed by atoms with E-state index in [1.165, 1.54) is 0 Å². The topological polar surface area (TPSA) is 64.6 Å². The molecule has 1 rings (SSSR count). The molecule has 0 aliphatic rings. The van der Waals surface area contributed by atoms with Crippen LogP contribution < -0.4 is 14.8 Å². The third-order valence-electron chi connectivity index (χ3n) is 3.34. The molecule has 0 radical (unpaired) electrons. The SMILES string of the molecule is CC(C)NCCc1ccc(OC(=O)C(C)C)c(OC(=O)C(C)C)c1. The van der Waals surface area contributed by atoms with Crippen LogP contribution in [0.2, 0.25) is 0 Å². The van der Waals surface area contributed by atoms with E-state index in [0.29, 0.717) is 11.8 Å². The molecular formula is C19H29NO4. The molecule has 5 nitrogen and oxygen atoms in total. The minimum atomic E-state index is -0.355. The first kappa shape index (κ1) is 20.2. The van der Waals surface area contributed by atoms with Gasteiger partial charge in [-0.3, -0.25) is 9.59 Å². The molecule has 0 saturated carbocycles. The molecule has 0 spiro atoms. The lowest BCUT2D eigenvalue weighted by Gasteiger charge is -2.15. The largest absolute Gasteiger partial charge is 0.422 e. The Bertz CT molecular complexity index is 564. The highest BCUT2D eigenvalue weighted by Gasteiger charge is 2.18. The number of rotatable bonds is 8. The third-order valence-corrected chi connectivity index (χ3v) is 3.34. The van der Waals surface area contributed by atoms with Crippen LogP contribution in [0.4, 0.5) is 0 Å². The van der Waals surface area contributed by atoms with E-state index in [1.807, 2.05) is 6.07 Å². The lowest BCUT2D eigenvalue weighted by atomic mass is 10.1. The Balaban J connectivity index is 2.96. The number of ether oxygens (including phenoxy) is 2. The van der Waals surface area contributed by atoms with Crippen LogP contribution in [0.25, 0.3) is 0 Å². The van der Waals surface area contributed by atoms with Gasteiger partial charge in [-0.05, 0) is 30.7 Å². The first-order chi connectivity index (χ1) is 11.2. The van der Waals surface area contributed by atoms with Gasteiger partial charge in [-0.2, -0.15) is 0 Å². The molecule has 1 aromatic carbocycles. The maximum atomic E-state index is 11.9. The molecule has 134 valence electrons. The van der Waals surface area contributed by atoms with Crippen LogP contribution in [0.15, 0.2) is 18.2 Å². The van der Waals surface area contributed by atoms with Gasteiger partial charge < -0.3 is 14.8 Å². The standard InChI is InChI=1S/C19H29NO4/c1-12(2)18(21)23-16-8-7-15(9-10-20-14(5)6)11-17(16)24-19(22)13(3)4/h7-8,11-14,20H,9-10H2,1-6H3. The van der Waals surface area contributed by atoms with E-state index in [2.05, 4.69) is 19.2 Å². The van der Waals surface area contributed by atoms with Gasteiger partial charge in [-0.25, -0.2) is 0 Å². The zero-order chi connectivity index (χ0) is 18.3. The quantitative estimate of drug-likeness (QED) is 0.583. The summed E-state index contributed by atoms with van der Waals surface area (Å²) in [6.45, 7) is 12.0. The summed E-state index contributed by atoms with van der Waals surface area (Å²) in [4.78, 5) is 23.8. The Morgan fingerprint density at radius 2 is 1.46 bits per heavy atom. The molecular weight excluding hydrogens is 306 g/mol. The van der Waals surface area contributed by atoms with E-state index in [-0.39, 0.29) is 29.5 Å². The summed E-state index contributed by atoms with van der Waals surface area (Å²) in [6, 6.07) is 5.76.